The summed E-state index contributed by atoms with van der Waals surface area (Å²) in [6.45, 7) is 2.07. The molecule has 0 fully saturated rings. The number of carboxylic acids is 1. The van der Waals surface area contributed by atoms with Gasteiger partial charge in [-0.15, -0.1) is 0 Å². The average molecular weight is 270 g/mol. The van der Waals surface area contributed by atoms with E-state index in [2.05, 4.69) is 4.98 Å². The SMILES string of the molecule is CCN(C)S(=O)(=O)c1cncc(C=CC(=O)O)c1. The molecule has 0 radical (unpaired) electrons. The molecule has 0 spiro atoms. The van der Waals surface area contributed by atoms with Crippen LogP contribution >= 0.6 is 0 Å². The molecule has 0 bridgehead atoms. The zero-order valence-electron chi connectivity index (χ0n) is 10.1. The molecular formula is C11H14N2O4S. The van der Waals surface area contributed by atoms with Crippen LogP contribution < -0.4 is 0 Å². The third-order valence-electron chi connectivity index (χ3n) is 2.31. The summed E-state index contributed by atoms with van der Waals surface area (Å²) in [5.41, 5.74) is 0.419. The first kappa shape index (κ1) is 14.3. The van der Waals surface area contributed by atoms with Gasteiger partial charge in [-0.05, 0) is 17.7 Å². The fourth-order valence-electron chi connectivity index (χ4n) is 1.19. The molecule has 1 aromatic rings. The molecule has 7 heteroatoms. The predicted octanol–water partition coefficient (Wildman–Crippen LogP) is 0.820. The first-order valence-electron chi connectivity index (χ1n) is 5.20. The Kier molecular flexibility index (Phi) is 4.57. The van der Waals surface area contributed by atoms with Crippen LogP contribution in [0.2, 0.25) is 0 Å². The summed E-state index contributed by atoms with van der Waals surface area (Å²) >= 11 is 0. The Morgan fingerprint density at radius 1 is 1.50 bits per heavy atom. The molecule has 0 unspecified atom stereocenters. The van der Waals surface area contributed by atoms with Gasteiger partial charge < -0.3 is 5.11 Å². The number of sulfonamides is 1. The van der Waals surface area contributed by atoms with Gasteiger partial charge in [0.25, 0.3) is 0 Å². The van der Waals surface area contributed by atoms with E-state index in [0.29, 0.717) is 12.1 Å². The lowest BCUT2D eigenvalue weighted by Gasteiger charge is -2.14. The zero-order valence-corrected chi connectivity index (χ0v) is 10.9. The van der Waals surface area contributed by atoms with Crippen molar-refractivity contribution in [3.05, 3.63) is 30.1 Å². The molecule has 0 atom stereocenters. The second-order valence-electron chi connectivity index (χ2n) is 3.54. The van der Waals surface area contributed by atoms with E-state index in [0.717, 1.165) is 6.08 Å². The summed E-state index contributed by atoms with van der Waals surface area (Å²) in [6.07, 6.45) is 4.85. The van der Waals surface area contributed by atoms with Gasteiger partial charge in [-0.3, -0.25) is 4.98 Å². The molecule has 1 heterocycles. The van der Waals surface area contributed by atoms with E-state index in [4.69, 9.17) is 5.11 Å². The number of rotatable bonds is 5. The highest BCUT2D eigenvalue weighted by Gasteiger charge is 2.19. The summed E-state index contributed by atoms with van der Waals surface area (Å²) < 4.78 is 25.2. The van der Waals surface area contributed by atoms with Crippen LogP contribution in [-0.4, -0.2) is 42.4 Å². The van der Waals surface area contributed by atoms with Gasteiger partial charge >= 0.3 is 5.97 Å². The molecule has 0 saturated heterocycles. The van der Waals surface area contributed by atoms with Crippen LogP contribution in [0.1, 0.15) is 12.5 Å². The molecule has 0 amide bonds. The van der Waals surface area contributed by atoms with Crippen molar-refractivity contribution < 1.29 is 18.3 Å². The van der Waals surface area contributed by atoms with E-state index in [1.807, 2.05) is 0 Å². The second kappa shape index (κ2) is 5.74. The lowest BCUT2D eigenvalue weighted by molar-refractivity contribution is -0.131. The summed E-state index contributed by atoms with van der Waals surface area (Å²) in [6, 6.07) is 1.38. The Balaban J connectivity index is 3.13. The maximum Gasteiger partial charge on any atom is 0.328 e. The molecule has 1 aromatic heterocycles. The molecule has 1 rings (SSSR count). The lowest BCUT2D eigenvalue weighted by atomic mass is 10.2. The number of carbonyl (C=O) groups is 1. The van der Waals surface area contributed by atoms with Gasteiger partial charge in [-0.1, -0.05) is 6.92 Å². The van der Waals surface area contributed by atoms with Crippen LogP contribution in [0.25, 0.3) is 6.08 Å². The summed E-state index contributed by atoms with van der Waals surface area (Å²) in [5.74, 6) is -1.10. The molecule has 0 aliphatic heterocycles. The van der Waals surface area contributed by atoms with Gasteiger partial charge in [-0.2, -0.15) is 0 Å². The summed E-state index contributed by atoms with van der Waals surface area (Å²) in [4.78, 5) is 14.2. The van der Waals surface area contributed by atoms with Gasteiger partial charge in [0, 0.05) is 32.1 Å². The van der Waals surface area contributed by atoms with E-state index in [1.54, 1.807) is 6.92 Å². The number of nitrogens with zero attached hydrogens (tertiary/aromatic N) is 2. The molecule has 0 aromatic carbocycles. The average Bonchev–Trinajstić information content (AvgIpc) is 2.35. The fourth-order valence-corrected chi connectivity index (χ4v) is 2.36. The first-order chi connectivity index (χ1) is 8.37. The molecule has 0 aliphatic carbocycles. The van der Waals surface area contributed by atoms with Crippen LogP contribution in [-0.2, 0) is 14.8 Å². The van der Waals surface area contributed by atoms with Crippen LogP contribution in [0.4, 0.5) is 0 Å². The number of carboxylic acid groups (broad SMARTS) is 1. The highest BCUT2D eigenvalue weighted by molar-refractivity contribution is 7.89. The monoisotopic (exact) mass is 270 g/mol. The van der Waals surface area contributed by atoms with Crippen molar-refractivity contribution in [2.75, 3.05) is 13.6 Å². The number of aromatic nitrogens is 1. The molecule has 0 aliphatic rings. The van der Waals surface area contributed by atoms with Gasteiger partial charge in [-0.25, -0.2) is 17.5 Å². The summed E-state index contributed by atoms with van der Waals surface area (Å²) in [5, 5.41) is 8.50. The van der Waals surface area contributed by atoms with Crippen LogP contribution in [0.15, 0.2) is 29.4 Å². The van der Waals surface area contributed by atoms with Crippen molar-refractivity contribution in [2.24, 2.45) is 0 Å². The Bertz CT molecular complexity index is 566. The van der Waals surface area contributed by atoms with Crippen molar-refractivity contribution in [1.82, 2.24) is 9.29 Å². The number of hydrogen-bond donors (Lipinski definition) is 1. The van der Waals surface area contributed by atoms with E-state index in [-0.39, 0.29) is 4.90 Å². The van der Waals surface area contributed by atoms with Crippen molar-refractivity contribution in [3.8, 4) is 0 Å². The Labute approximate surface area is 106 Å². The Morgan fingerprint density at radius 2 is 2.17 bits per heavy atom. The van der Waals surface area contributed by atoms with E-state index in [1.165, 1.54) is 35.9 Å². The van der Waals surface area contributed by atoms with Gasteiger partial charge in [0.1, 0.15) is 4.90 Å². The third kappa shape index (κ3) is 3.38. The fraction of sp³-hybridized carbons (Fsp3) is 0.273. The normalized spacial score (nSPS) is 12.2. The zero-order chi connectivity index (χ0) is 13.8. The van der Waals surface area contributed by atoms with E-state index >= 15 is 0 Å². The topological polar surface area (TPSA) is 87.6 Å². The Morgan fingerprint density at radius 3 is 2.72 bits per heavy atom. The number of pyridine rings is 1. The van der Waals surface area contributed by atoms with Crippen molar-refractivity contribution in [1.29, 1.82) is 0 Å². The lowest BCUT2D eigenvalue weighted by Crippen LogP contribution is -2.26. The molecule has 18 heavy (non-hydrogen) atoms. The van der Waals surface area contributed by atoms with Crippen LogP contribution in [0.3, 0.4) is 0 Å². The number of hydrogen-bond acceptors (Lipinski definition) is 4. The molecular weight excluding hydrogens is 256 g/mol. The quantitative estimate of drug-likeness (QED) is 0.800. The van der Waals surface area contributed by atoms with Crippen molar-refractivity contribution in [3.63, 3.8) is 0 Å². The molecule has 98 valence electrons. The van der Waals surface area contributed by atoms with Gasteiger partial charge in [0.15, 0.2) is 0 Å². The first-order valence-corrected chi connectivity index (χ1v) is 6.64. The highest BCUT2D eigenvalue weighted by Crippen LogP contribution is 2.15. The van der Waals surface area contributed by atoms with Crippen LogP contribution in [0.5, 0.6) is 0 Å². The molecule has 0 saturated carbocycles. The van der Waals surface area contributed by atoms with Gasteiger partial charge in [0.2, 0.25) is 10.0 Å². The maximum atomic E-state index is 12.0. The number of aliphatic carboxylic acids is 1. The largest absolute Gasteiger partial charge is 0.478 e. The van der Waals surface area contributed by atoms with Crippen molar-refractivity contribution >= 4 is 22.1 Å². The minimum absolute atomic E-state index is 0.0411. The molecule has 6 nitrogen and oxygen atoms in total. The second-order valence-corrected chi connectivity index (χ2v) is 5.59. The van der Waals surface area contributed by atoms with Gasteiger partial charge in [0.05, 0.1) is 0 Å². The predicted molar refractivity (Wildman–Crippen MR) is 66.4 cm³/mol. The van der Waals surface area contributed by atoms with Crippen molar-refractivity contribution in [2.45, 2.75) is 11.8 Å². The minimum Gasteiger partial charge on any atom is -0.478 e. The summed E-state index contributed by atoms with van der Waals surface area (Å²) in [7, 11) is -2.09. The Hall–Kier alpha value is -1.73. The molecule has 1 N–H and O–H groups in total. The maximum absolute atomic E-state index is 12.0. The highest BCUT2D eigenvalue weighted by atomic mass is 32.2. The minimum atomic E-state index is -3.56. The van der Waals surface area contributed by atoms with Crippen LogP contribution in [0, 0.1) is 0 Å². The van der Waals surface area contributed by atoms with E-state index in [9.17, 15) is 13.2 Å². The van der Waals surface area contributed by atoms with E-state index < -0.39 is 16.0 Å². The third-order valence-corrected chi connectivity index (χ3v) is 4.20. The smallest absolute Gasteiger partial charge is 0.328 e. The standard InChI is InChI=1S/C11H14N2O4S/c1-3-13(2)18(16,17)10-6-9(7-12-8-10)4-5-11(14)15/h4-8H,3H2,1-2H3,(H,14,15).